The van der Waals surface area contributed by atoms with E-state index in [-0.39, 0.29) is 38.9 Å². The molecule has 0 radical (unpaired) electrons. The fourth-order valence-corrected chi connectivity index (χ4v) is 10.6. The molecule has 14 atom stereocenters. The Balaban J connectivity index is 1.00. The topological polar surface area (TPSA) is 323 Å². The highest BCUT2D eigenvalue weighted by atomic mass is 16.8. The van der Waals surface area contributed by atoms with Gasteiger partial charge in [-0.3, -0.25) is 9.59 Å². The van der Waals surface area contributed by atoms with Crippen LogP contribution in [0.15, 0.2) is 212 Å². The predicted octanol–water partition coefficient (Wildman–Crippen LogP) is 6.97. The third kappa shape index (κ3) is 17.2. The summed E-state index contributed by atoms with van der Waals surface area (Å²) in [6, 6.07) is 53.1. The molecule has 0 aliphatic carbocycles. The number of benzene rings is 7. The molecule has 0 saturated carbocycles. The van der Waals surface area contributed by atoms with Crippen LogP contribution in [0.2, 0.25) is 0 Å². The van der Waals surface area contributed by atoms with E-state index in [0.717, 1.165) is 13.8 Å². The Morgan fingerprint density at radius 3 is 1.08 bits per heavy atom. The van der Waals surface area contributed by atoms with E-state index < -0.39 is 166 Å². The third-order valence-electron chi connectivity index (χ3n) is 15.2. The Labute approximate surface area is 548 Å². The first-order chi connectivity index (χ1) is 46.4. The highest BCUT2D eigenvalue weighted by Crippen LogP contribution is 2.41. The number of rotatable bonds is 23. The largest absolute Gasteiger partial charge is 0.459 e. The molecule has 25 nitrogen and oxygen atoms in total. The Hall–Kier alpha value is -10.5. The Morgan fingerprint density at radius 1 is 0.365 bits per heavy atom. The summed E-state index contributed by atoms with van der Waals surface area (Å²) in [6.45, 7) is -0.469. The number of esters is 9. The van der Waals surface area contributed by atoms with E-state index in [0.29, 0.717) is 0 Å². The lowest BCUT2D eigenvalue weighted by molar-refractivity contribution is -0.428. The summed E-state index contributed by atoms with van der Waals surface area (Å²) < 4.78 is 85.2. The van der Waals surface area contributed by atoms with Crippen LogP contribution >= 0.6 is 0 Å². The number of aliphatic hydroxyl groups excluding tert-OH is 2. The molecule has 0 amide bonds. The smallest absolute Gasteiger partial charge is 0.338 e. The molecule has 3 heterocycles. The number of ether oxygens (including phenoxy) is 14. The fourth-order valence-electron chi connectivity index (χ4n) is 10.6. The lowest BCUT2D eigenvalue weighted by Gasteiger charge is -2.50. The standard InChI is InChI=1S/C71H64O25/c1-42(72)86-51-38-71(95-43(2)73,70(82)89-52(51)39-85-68-58(92-65(79)48-32-18-7-19-33-48)55(74)56(90-63(77)46-28-14-5-15-29-46)53(87-68)40-83-61(75)44-24-10-3-11-25-44)96-69-60(94-67(81)50-36-22-9-23-37-50)59(93-66(80)49-34-20-8-21-35-49)57(91-64(78)47-30-16-6-17-31-47)54(88-69)41-84-62(76)45-26-12-4-13-27-45/h3-37,51-60,68-70,74,82H,38-41H2,1-2H3. The molecule has 14 unspecified atom stereocenters. The van der Waals surface area contributed by atoms with Crippen LogP contribution in [0.3, 0.4) is 0 Å². The number of carbonyl (C=O) groups excluding carboxylic acids is 9. The number of aliphatic hydroxyl groups is 2. The van der Waals surface area contributed by atoms with Crippen LogP contribution < -0.4 is 0 Å². The molecular weight excluding hydrogens is 1250 g/mol. The van der Waals surface area contributed by atoms with Crippen molar-refractivity contribution in [2.75, 3.05) is 19.8 Å². The second-order valence-corrected chi connectivity index (χ2v) is 21.9. The molecule has 0 spiro atoms. The van der Waals surface area contributed by atoms with E-state index in [2.05, 4.69) is 0 Å². The Kier molecular flexibility index (Phi) is 22.8. The zero-order chi connectivity index (χ0) is 67.7. The molecule has 0 bridgehead atoms. The Bertz CT molecular complexity index is 3790. The normalized spacial score (nSPS) is 25.2. The van der Waals surface area contributed by atoms with E-state index in [1.807, 2.05) is 0 Å². The van der Waals surface area contributed by atoms with Crippen molar-refractivity contribution in [2.45, 2.75) is 106 Å². The highest BCUT2D eigenvalue weighted by molar-refractivity contribution is 5.93. The van der Waals surface area contributed by atoms with Gasteiger partial charge in [-0.25, -0.2) is 33.6 Å². The molecule has 498 valence electrons. The molecule has 3 fully saturated rings. The van der Waals surface area contributed by atoms with E-state index in [4.69, 9.17) is 66.3 Å². The average molecular weight is 1320 g/mol. The van der Waals surface area contributed by atoms with Gasteiger partial charge in [0, 0.05) is 13.8 Å². The van der Waals surface area contributed by atoms with Gasteiger partial charge in [0.1, 0.15) is 43.7 Å². The summed E-state index contributed by atoms with van der Waals surface area (Å²) in [4.78, 5) is 125. The molecule has 0 aromatic heterocycles. The summed E-state index contributed by atoms with van der Waals surface area (Å²) in [6.07, 6.45) is -26.2. The molecule has 3 aliphatic rings. The van der Waals surface area contributed by atoms with E-state index in [1.165, 1.54) is 109 Å². The number of hydrogen-bond acceptors (Lipinski definition) is 25. The van der Waals surface area contributed by atoms with E-state index in [1.54, 1.807) is 103 Å². The van der Waals surface area contributed by atoms with Gasteiger partial charge in [-0.2, -0.15) is 0 Å². The molecule has 25 heteroatoms. The van der Waals surface area contributed by atoms with Crippen molar-refractivity contribution in [3.05, 3.63) is 251 Å². The highest BCUT2D eigenvalue weighted by Gasteiger charge is 2.61. The van der Waals surface area contributed by atoms with Gasteiger partial charge in [0.2, 0.25) is 12.6 Å². The zero-order valence-electron chi connectivity index (χ0n) is 51.3. The lowest BCUT2D eigenvalue weighted by Crippen LogP contribution is -2.68. The minimum Gasteiger partial charge on any atom is -0.459 e. The van der Waals surface area contributed by atoms with Crippen LogP contribution in [-0.4, -0.2) is 169 Å². The van der Waals surface area contributed by atoms with Crippen molar-refractivity contribution in [2.24, 2.45) is 0 Å². The molecule has 3 saturated heterocycles. The Morgan fingerprint density at radius 2 is 0.698 bits per heavy atom. The zero-order valence-corrected chi connectivity index (χ0v) is 51.3. The quantitative estimate of drug-likeness (QED) is 0.0371. The third-order valence-corrected chi connectivity index (χ3v) is 15.2. The molecule has 3 aliphatic heterocycles. The molecule has 10 rings (SSSR count). The predicted molar refractivity (Wildman–Crippen MR) is 328 cm³/mol. The van der Waals surface area contributed by atoms with Crippen molar-refractivity contribution in [3.8, 4) is 0 Å². The maximum Gasteiger partial charge on any atom is 0.338 e. The maximum atomic E-state index is 14.5. The average Bonchev–Trinajstić information content (AvgIpc) is 0.769. The van der Waals surface area contributed by atoms with Crippen LogP contribution in [-0.2, 0) is 75.9 Å². The second kappa shape index (κ2) is 32.1. The van der Waals surface area contributed by atoms with Crippen LogP contribution in [0.4, 0.5) is 0 Å². The van der Waals surface area contributed by atoms with Crippen molar-refractivity contribution in [3.63, 3.8) is 0 Å². The van der Waals surface area contributed by atoms with Crippen molar-refractivity contribution >= 4 is 53.7 Å². The van der Waals surface area contributed by atoms with Gasteiger partial charge in [0.15, 0.2) is 36.8 Å². The molecule has 96 heavy (non-hydrogen) atoms. The summed E-state index contributed by atoms with van der Waals surface area (Å²) in [5, 5.41) is 24.8. The molecular formula is C71H64O25. The maximum absolute atomic E-state index is 14.5. The van der Waals surface area contributed by atoms with Crippen LogP contribution in [0.1, 0.15) is 92.8 Å². The van der Waals surface area contributed by atoms with Crippen molar-refractivity contribution in [1.29, 1.82) is 0 Å². The van der Waals surface area contributed by atoms with E-state index >= 15 is 0 Å². The number of carbonyl (C=O) groups is 9. The number of hydrogen-bond donors (Lipinski definition) is 2. The van der Waals surface area contributed by atoms with Gasteiger partial charge in [0.05, 0.1) is 52.0 Å². The fraction of sp³-hybridized carbons (Fsp3) is 0.282. The van der Waals surface area contributed by atoms with Gasteiger partial charge in [-0.05, 0) is 84.9 Å². The van der Waals surface area contributed by atoms with E-state index in [9.17, 15) is 53.4 Å². The lowest BCUT2D eigenvalue weighted by atomic mass is 9.96. The monoisotopic (exact) mass is 1320 g/mol. The van der Waals surface area contributed by atoms with Crippen LogP contribution in [0.25, 0.3) is 0 Å². The first-order valence-corrected chi connectivity index (χ1v) is 30.2. The van der Waals surface area contributed by atoms with Gasteiger partial charge < -0.3 is 76.5 Å². The summed E-state index contributed by atoms with van der Waals surface area (Å²) in [5.41, 5.74) is 0.0858. The molecule has 2 N–H and O–H groups in total. The van der Waals surface area contributed by atoms with Gasteiger partial charge in [-0.15, -0.1) is 0 Å². The molecule has 7 aromatic rings. The summed E-state index contributed by atoms with van der Waals surface area (Å²) in [5.74, 6) is -12.1. The van der Waals surface area contributed by atoms with Crippen molar-refractivity contribution < 1.29 is 120 Å². The molecule has 7 aromatic carbocycles. The van der Waals surface area contributed by atoms with Crippen molar-refractivity contribution in [1.82, 2.24) is 0 Å². The van der Waals surface area contributed by atoms with Crippen LogP contribution in [0, 0.1) is 0 Å². The summed E-state index contributed by atoms with van der Waals surface area (Å²) in [7, 11) is 0. The first-order valence-electron chi connectivity index (χ1n) is 30.2. The summed E-state index contributed by atoms with van der Waals surface area (Å²) >= 11 is 0. The SMILES string of the molecule is CC(=O)OC1CC(OC(C)=O)(OC2OC(COC(=O)c3ccccc3)C(OC(=O)c3ccccc3)C(OC(=O)c3ccccc3)C2OC(=O)c2ccccc2)C(O)OC1COC1OC(COC(=O)c2ccccc2)C(OC(=O)c2ccccc2)C(O)C1OC(=O)c1ccccc1. The minimum atomic E-state index is -2.94. The minimum absolute atomic E-state index is 0.00130. The van der Waals surface area contributed by atoms with Crippen LogP contribution in [0.5, 0.6) is 0 Å². The first kappa shape index (κ1) is 68.4. The second-order valence-electron chi connectivity index (χ2n) is 21.9. The van der Waals surface area contributed by atoms with Gasteiger partial charge in [-0.1, -0.05) is 127 Å². The van der Waals surface area contributed by atoms with Gasteiger partial charge in [0.25, 0.3) is 5.79 Å². The van der Waals surface area contributed by atoms with Gasteiger partial charge >= 0.3 is 53.7 Å².